The molecule has 0 saturated carbocycles. The molecule has 1 N–H and O–H groups in total. The van der Waals surface area contributed by atoms with E-state index in [1.165, 1.54) is 11.8 Å². The molecule has 114 valence electrons. The van der Waals surface area contributed by atoms with Gasteiger partial charge in [0.05, 0.1) is 11.9 Å². The van der Waals surface area contributed by atoms with E-state index in [0.717, 1.165) is 23.0 Å². The molecule has 0 saturated heterocycles. The Labute approximate surface area is 139 Å². The van der Waals surface area contributed by atoms with Gasteiger partial charge in [-0.1, -0.05) is 29.8 Å². The molecular weight excluding hydrogens is 340 g/mol. The Morgan fingerprint density at radius 3 is 2.77 bits per heavy atom. The van der Waals surface area contributed by atoms with Gasteiger partial charge < -0.3 is 9.88 Å². The normalized spacial score (nSPS) is 13.3. The summed E-state index contributed by atoms with van der Waals surface area (Å²) in [5, 5.41) is 4.41. The molecule has 0 unspecified atom stereocenters. The van der Waals surface area contributed by atoms with Crippen molar-refractivity contribution in [2.75, 3.05) is 18.6 Å². The lowest BCUT2D eigenvalue weighted by atomic mass is 10.1. The molecule has 2 aromatic rings. The van der Waals surface area contributed by atoms with Crippen molar-refractivity contribution in [1.29, 1.82) is 0 Å². The van der Waals surface area contributed by atoms with E-state index in [9.17, 15) is 4.57 Å². The maximum absolute atomic E-state index is 12.8. The van der Waals surface area contributed by atoms with Crippen LogP contribution in [0.2, 0.25) is 10.3 Å². The summed E-state index contributed by atoms with van der Waals surface area (Å²) in [7, 11) is -2.49. The Morgan fingerprint density at radius 1 is 1.27 bits per heavy atom. The highest BCUT2D eigenvalue weighted by atomic mass is 35.5. The highest BCUT2D eigenvalue weighted by Crippen LogP contribution is 2.42. The molecule has 7 heteroatoms. The van der Waals surface area contributed by atoms with E-state index in [1.54, 1.807) is 13.3 Å². The largest absolute Gasteiger partial charge is 0.338 e. The zero-order chi connectivity index (χ0) is 15.9. The summed E-state index contributed by atoms with van der Waals surface area (Å²) in [5.41, 5.74) is 2.93. The molecule has 22 heavy (non-hydrogen) atoms. The SMILES string of the molecule is CP(C)(=O)c1c(Nc2nc(Cl)ncc2Cl)ccc2c1C=CC2. The Hall–Kier alpha value is -1.35. The van der Waals surface area contributed by atoms with Gasteiger partial charge in [0.1, 0.15) is 12.2 Å². The molecule has 0 fully saturated rings. The summed E-state index contributed by atoms with van der Waals surface area (Å²) in [6.07, 6.45) is 6.39. The quantitative estimate of drug-likeness (QED) is 0.658. The predicted molar refractivity (Wildman–Crippen MR) is 93.6 cm³/mol. The highest BCUT2D eigenvalue weighted by molar-refractivity contribution is 7.70. The lowest BCUT2D eigenvalue weighted by Gasteiger charge is -2.19. The molecule has 1 aliphatic rings. The Bertz CT molecular complexity index is 830. The third-order valence-corrected chi connectivity index (χ3v) is 5.45. The third kappa shape index (κ3) is 2.91. The fourth-order valence-electron chi connectivity index (χ4n) is 2.56. The fraction of sp³-hybridized carbons (Fsp3) is 0.200. The lowest BCUT2D eigenvalue weighted by molar-refractivity contribution is 0.588. The van der Waals surface area contributed by atoms with E-state index in [1.807, 2.05) is 18.2 Å². The molecule has 4 nitrogen and oxygen atoms in total. The summed E-state index contributed by atoms with van der Waals surface area (Å²) < 4.78 is 12.8. The zero-order valence-corrected chi connectivity index (χ0v) is 14.5. The van der Waals surface area contributed by atoms with Crippen LogP contribution in [0.4, 0.5) is 11.5 Å². The van der Waals surface area contributed by atoms with Crippen molar-refractivity contribution in [3.63, 3.8) is 0 Å². The van der Waals surface area contributed by atoms with E-state index in [-0.39, 0.29) is 5.28 Å². The monoisotopic (exact) mass is 353 g/mol. The number of halogens is 2. The minimum absolute atomic E-state index is 0.102. The van der Waals surface area contributed by atoms with Crippen molar-refractivity contribution >= 4 is 53.2 Å². The van der Waals surface area contributed by atoms with Gasteiger partial charge in [0.15, 0.2) is 5.82 Å². The first-order valence-corrected chi connectivity index (χ1v) is 10.0. The second kappa shape index (κ2) is 5.69. The number of benzene rings is 1. The molecule has 1 aromatic heterocycles. The van der Waals surface area contributed by atoms with Crippen molar-refractivity contribution in [3.05, 3.63) is 45.8 Å². The van der Waals surface area contributed by atoms with Crippen LogP contribution < -0.4 is 10.6 Å². The van der Waals surface area contributed by atoms with Gasteiger partial charge in [-0.05, 0) is 48.5 Å². The summed E-state index contributed by atoms with van der Waals surface area (Å²) >= 11 is 11.9. The van der Waals surface area contributed by atoms with Crippen LogP contribution in [-0.4, -0.2) is 23.3 Å². The molecule has 1 aliphatic carbocycles. The predicted octanol–water partition coefficient (Wildman–Crippen LogP) is 4.34. The first kappa shape index (κ1) is 15.5. The Morgan fingerprint density at radius 2 is 2.05 bits per heavy atom. The molecule has 0 radical (unpaired) electrons. The number of aromatic nitrogens is 2. The van der Waals surface area contributed by atoms with E-state index < -0.39 is 7.14 Å². The van der Waals surface area contributed by atoms with Crippen LogP contribution in [0.5, 0.6) is 0 Å². The van der Waals surface area contributed by atoms with E-state index in [4.69, 9.17) is 23.2 Å². The lowest BCUT2D eigenvalue weighted by Crippen LogP contribution is -2.15. The standard InChI is InChI=1S/C15H14Cl2N3OP/c1-22(2,21)13-10-5-3-4-9(10)6-7-12(13)19-14-11(16)8-18-15(17)20-14/h3,5-8H,4H2,1-2H3,(H,18,19,20). The molecule has 0 aliphatic heterocycles. The zero-order valence-electron chi connectivity index (χ0n) is 12.1. The van der Waals surface area contributed by atoms with E-state index in [2.05, 4.69) is 21.4 Å². The van der Waals surface area contributed by atoms with Crippen molar-refractivity contribution in [3.8, 4) is 0 Å². The number of fused-ring (bicyclic) bond motifs is 1. The third-order valence-electron chi connectivity index (χ3n) is 3.44. The van der Waals surface area contributed by atoms with Crippen molar-refractivity contribution in [2.24, 2.45) is 0 Å². The average Bonchev–Trinajstić information content (AvgIpc) is 2.89. The maximum Gasteiger partial charge on any atom is 0.224 e. The van der Waals surface area contributed by atoms with Crippen LogP contribution in [0, 0.1) is 0 Å². The second-order valence-electron chi connectivity index (χ2n) is 5.45. The van der Waals surface area contributed by atoms with E-state index >= 15 is 0 Å². The van der Waals surface area contributed by atoms with Crippen LogP contribution in [0.25, 0.3) is 6.08 Å². The molecular formula is C15H14Cl2N3OP. The number of hydrogen-bond acceptors (Lipinski definition) is 4. The number of hydrogen-bond donors (Lipinski definition) is 1. The minimum Gasteiger partial charge on any atom is -0.338 e. The number of anilines is 2. The topological polar surface area (TPSA) is 54.9 Å². The van der Waals surface area contributed by atoms with Gasteiger partial charge >= 0.3 is 0 Å². The summed E-state index contributed by atoms with van der Waals surface area (Å²) in [4.78, 5) is 7.91. The number of nitrogens with one attached hydrogen (secondary N) is 1. The van der Waals surface area contributed by atoms with Crippen LogP contribution >= 0.6 is 30.3 Å². The smallest absolute Gasteiger partial charge is 0.224 e. The molecule has 0 atom stereocenters. The Kier molecular flexibility index (Phi) is 4.02. The van der Waals surface area contributed by atoms with Crippen LogP contribution in [0.3, 0.4) is 0 Å². The number of allylic oxidation sites excluding steroid dienone is 1. The van der Waals surface area contributed by atoms with Gasteiger partial charge in [-0.15, -0.1) is 0 Å². The molecule has 0 bridgehead atoms. The minimum atomic E-state index is -2.49. The maximum atomic E-state index is 12.8. The molecule has 0 spiro atoms. The van der Waals surface area contributed by atoms with Gasteiger partial charge in [0.2, 0.25) is 5.28 Å². The van der Waals surface area contributed by atoms with Gasteiger partial charge in [-0.2, -0.15) is 4.98 Å². The first-order chi connectivity index (χ1) is 10.4. The summed E-state index contributed by atoms with van der Waals surface area (Å²) in [6, 6.07) is 3.93. The molecule has 0 amide bonds. The van der Waals surface area contributed by atoms with Gasteiger partial charge in [0.25, 0.3) is 0 Å². The molecule has 3 rings (SSSR count). The highest BCUT2D eigenvalue weighted by Gasteiger charge is 2.24. The van der Waals surface area contributed by atoms with Crippen molar-refractivity contribution in [1.82, 2.24) is 9.97 Å². The summed E-state index contributed by atoms with van der Waals surface area (Å²) in [5.74, 6) is 0.401. The molecule has 1 heterocycles. The fourth-order valence-corrected chi connectivity index (χ4v) is 4.34. The van der Waals surface area contributed by atoms with Crippen LogP contribution in [0.1, 0.15) is 11.1 Å². The van der Waals surface area contributed by atoms with Gasteiger partial charge in [-0.25, -0.2) is 4.98 Å². The van der Waals surface area contributed by atoms with E-state index in [0.29, 0.717) is 10.8 Å². The Balaban J connectivity index is 2.14. The second-order valence-corrected chi connectivity index (χ2v) is 9.35. The first-order valence-electron chi connectivity index (χ1n) is 6.69. The van der Waals surface area contributed by atoms with Crippen molar-refractivity contribution < 1.29 is 4.57 Å². The van der Waals surface area contributed by atoms with Crippen LogP contribution in [0.15, 0.2) is 24.4 Å². The van der Waals surface area contributed by atoms with Gasteiger partial charge in [0, 0.05) is 5.30 Å². The molecule has 1 aromatic carbocycles. The average molecular weight is 354 g/mol. The van der Waals surface area contributed by atoms with Gasteiger partial charge in [-0.3, -0.25) is 0 Å². The van der Waals surface area contributed by atoms with Crippen LogP contribution in [-0.2, 0) is 11.0 Å². The summed E-state index contributed by atoms with van der Waals surface area (Å²) in [6.45, 7) is 3.52. The number of rotatable bonds is 3. The number of nitrogens with zero attached hydrogens (tertiary/aromatic N) is 2. The van der Waals surface area contributed by atoms with Crippen molar-refractivity contribution in [2.45, 2.75) is 6.42 Å².